The van der Waals surface area contributed by atoms with Gasteiger partial charge < -0.3 is 5.11 Å². The monoisotopic (exact) mass is 154 g/mol. The Labute approximate surface area is 66.9 Å². The number of rotatable bonds is 2. The van der Waals surface area contributed by atoms with Crippen LogP contribution in [-0.2, 0) is 4.79 Å². The van der Waals surface area contributed by atoms with Crippen LogP contribution in [0.1, 0.15) is 32.6 Å². The Morgan fingerprint density at radius 3 is 2.45 bits per heavy atom. The molecule has 0 unspecified atom stereocenters. The third-order valence-corrected chi connectivity index (χ3v) is 2.37. The van der Waals surface area contributed by atoms with Gasteiger partial charge in [-0.25, -0.2) is 4.79 Å². The second-order valence-corrected chi connectivity index (χ2v) is 3.53. The Bertz CT molecular complexity index is 176. The highest BCUT2D eigenvalue weighted by Gasteiger charge is 2.25. The normalized spacial score (nSPS) is 22.6. The number of hydrogen-bond donors (Lipinski definition) is 1. The highest BCUT2D eigenvalue weighted by Crippen LogP contribution is 2.38. The lowest BCUT2D eigenvalue weighted by molar-refractivity contribution is -0.131. The molecule has 0 bridgehead atoms. The Hall–Kier alpha value is -0.790. The zero-order valence-electron chi connectivity index (χ0n) is 6.84. The van der Waals surface area contributed by atoms with Gasteiger partial charge in [0.05, 0.1) is 0 Å². The summed E-state index contributed by atoms with van der Waals surface area (Å²) in [5.74, 6) is -0.835. The summed E-state index contributed by atoms with van der Waals surface area (Å²) >= 11 is 0. The molecule has 1 saturated carbocycles. The van der Waals surface area contributed by atoms with Crippen molar-refractivity contribution in [1.29, 1.82) is 0 Å². The first-order valence-corrected chi connectivity index (χ1v) is 4.05. The van der Waals surface area contributed by atoms with Crippen molar-refractivity contribution in [3.8, 4) is 0 Å². The zero-order chi connectivity index (χ0) is 8.32. The molecule has 0 aromatic carbocycles. The van der Waals surface area contributed by atoms with Gasteiger partial charge in [-0.15, -0.1) is 0 Å². The number of aliphatic carboxylic acids is 1. The van der Waals surface area contributed by atoms with Gasteiger partial charge in [0.15, 0.2) is 0 Å². The van der Waals surface area contributed by atoms with E-state index in [9.17, 15) is 4.79 Å². The minimum atomic E-state index is -0.835. The molecule has 1 aliphatic carbocycles. The van der Waals surface area contributed by atoms with Crippen LogP contribution in [0.4, 0.5) is 0 Å². The van der Waals surface area contributed by atoms with Gasteiger partial charge in [-0.3, -0.25) is 0 Å². The fourth-order valence-electron chi connectivity index (χ4n) is 1.62. The van der Waals surface area contributed by atoms with Crippen LogP contribution < -0.4 is 0 Å². The van der Waals surface area contributed by atoms with Gasteiger partial charge in [0.2, 0.25) is 0 Å². The molecule has 0 radical (unpaired) electrons. The van der Waals surface area contributed by atoms with E-state index in [0.717, 1.165) is 12.8 Å². The van der Waals surface area contributed by atoms with Crippen LogP contribution in [-0.4, -0.2) is 11.1 Å². The van der Waals surface area contributed by atoms with E-state index in [1.807, 2.05) is 6.08 Å². The number of hydrogen-bond acceptors (Lipinski definition) is 1. The summed E-state index contributed by atoms with van der Waals surface area (Å²) in [5, 5.41) is 8.40. The van der Waals surface area contributed by atoms with Crippen LogP contribution >= 0.6 is 0 Å². The lowest BCUT2D eigenvalue weighted by Gasteiger charge is -2.16. The third-order valence-electron chi connectivity index (χ3n) is 2.37. The molecule has 11 heavy (non-hydrogen) atoms. The van der Waals surface area contributed by atoms with Crippen LogP contribution in [0.25, 0.3) is 0 Å². The first-order valence-electron chi connectivity index (χ1n) is 4.05. The molecule has 0 aromatic heterocycles. The molecule has 1 N–H and O–H groups in total. The average Bonchev–Trinajstić information content (AvgIpc) is 2.33. The Balaban J connectivity index is 2.52. The lowest BCUT2D eigenvalue weighted by atomic mass is 9.88. The van der Waals surface area contributed by atoms with Crippen LogP contribution in [0.15, 0.2) is 12.2 Å². The number of carboxylic acids is 1. The molecule has 0 aliphatic heterocycles. The van der Waals surface area contributed by atoms with E-state index in [1.54, 1.807) is 0 Å². The topological polar surface area (TPSA) is 37.3 Å². The Morgan fingerprint density at radius 2 is 2.00 bits per heavy atom. The summed E-state index contributed by atoms with van der Waals surface area (Å²) in [4.78, 5) is 10.2. The van der Waals surface area contributed by atoms with Crippen molar-refractivity contribution in [3.05, 3.63) is 12.2 Å². The molecule has 0 heterocycles. The fourth-order valence-corrected chi connectivity index (χ4v) is 1.62. The standard InChI is InChI=1S/C9H14O2/c1-9(5-2-3-6-9)7-4-8(10)11/h4,7H,2-3,5-6H2,1H3,(H,10,11). The summed E-state index contributed by atoms with van der Waals surface area (Å²) in [6.45, 7) is 2.12. The van der Waals surface area contributed by atoms with Gasteiger partial charge in [0, 0.05) is 6.08 Å². The van der Waals surface area contributed by atoms with Crippen molar-refractivity contribution in [2.75, 3.05) is 0 Å². The molecule has 0 saturated heterocycles. The van der Waals surface area contributed by atoms with E-state index in [1.165, 1.54) is 18.9 Å². The first kappa shape index (κ1) is 8.31. The molecule has 1 rings (SSSR count). The van der Waals surface area contributed by atoms with Gasteiger partial charge in [-0.05, 0) is 18.3 Å². The summed E-state index contributed by atoms with van der Waals surface area (Å²) in [5.41, 5.74) is 0.165. The maximum absolute atomic E-state index is 10.2. The minimum absolute atomic E-state index is 0.165. The molecule has 62 valence electrons. The molecule has 1 fully saturated rings. The highest BCUT2D eigenvalue weighted by atomic mass is 16.4. The molecule has 1 aliphatic rings. The number of allylic oxidation sites excluding steroid dienone is 1. The van der Waals surface area contributed by atoms with E-state index >= 15 is 0 Å². The van der Waals surface area contributed by atoms with E-state index in [4.69, 9.17) is 5.11 Å². The molecule has 0 atom stereocenters. The summed E-state index contributed by atoms with van der Waals surface area (Å²) in [6, 6.07) is 0. The van der Waals surface area contributed by atoms with Crippen LogP contribution in [0.3, 0.4) is 0 Å². The summed E-state index contributed by atoms with van der Waals surface area (Å²) in [7, 11) is 0. The van der Waals surface area contributed by atoms with Gasteiger partial charge >= 0.3 is 5.97 Å². The second-order valence-electron chi connectivity index (χ2n) is 3.53. The van der Waals surface area contributed by atoms with Gasteiger partial charge in [0.1, 0.15) is 0 Å². The molecule has 2 heteroatoms. The summed E-state index contributed by atoms with van der Waals surface area (Å²) < 4.78 is 0. The predicted molar refractivity (Wildman–Crippen MR) is 43.4 cm³/mol. The molecule has 0 aromatic rings. The van der Waals surface area contributed by atoms with Crippen molar-refractivity contribution in [1.82, 2.24) is 0 Å². The van der Waals surface area contributed by atoms with Crippen LogP contribution in [0, 0.1) is 5.41 Å². The van der Waals surface area contributed by atoms with Crippen molar-refractivity contribution in [3.63, 3.8) is 0 Å². The maximum atomic E-state index is 10.2. The van der Waals surface area contributed by atoms with Crippen molar-refractivity contribution in [2.24, 2.45) is 5.41 Å². The van der Waals surface area contributed by atoms with E-state index < -0.39 is 5.97 Å². The van der Waals surface area contributed by atoms with Crippen molar-refractivity contribution >= 4 is 5.97 Å². The number of carbonyl (C=O) groups is 1. The van der Waals surface area contributed by atoms with E-state index in [0.29, 0.717) is 0 Å². The first-order chi connectivity index (χ1) is 5.12. The Kier molecular flexibility index (Phi) is 2.32. The smallest absolute Gasteiger partial charge is 0.327 e. The van der Waals surface area contributed by atoms with Crippen molar-refractivity contribution in [2.45, 2.75) is 32.6 Å². The third kappa shape index (κ3) is 2.37. The molecule has 0 spiro atoms. The van der Waals surface area contributed by atoms with Gasteiger partial charge in [-0.2, -0.15) is 0 Å². The highest BCUT2D eigenvalue weighted by molar-refractivity contribution is 5.79. The number of carboxylic acid groups (broad SMARTS) is 1. The predicted octanol–water partition coefficient (Wildman–Crippen LogP) is 2.21. The summed E-state index contributed by atoms with van der Waals surface area (Å²) in [6.07, 6.45) is 7.85. The quantitative estimate of drug-likeness (QED) is 0.619. The van der Waals surface area contributed by atoms with Gasteiger partial charge in [0.25, 0.3) is 0 Å². The van der Waals surface area contributed by atoms with Crippen LogP contribution in [0.2, 0.25) is 0 Å². The van der Waals surface area contributed by atoms with E-state index in [-0.39, 0.29) is 5.41 Å². The molecular weight excluding hydrogens is 140 g/mol. The zero-order valence-corrected chi connectivity index (χ0v) is 6.84. The maximum Gasteiger partial charge on any atom is 0.327 e. The molecule has 2 nitrogen and oxygen atoms in total. The Morgan fingerprint density at radius 1 is 1.45 bits per heavy atom. The lowest BCUT2D eigenvalue weighted by Crippen LogP contribution is -2.06. The fraction of sp³-hybridized carbons (Fsp3) is 0.667. The van der Waals surface area contributed by atoms with E-state index in [2.05, 4.69) is 6.92 Å². The molecular formula is C9H14O2. The molecule has 0 amide bonds. The van der Waals surface area contributed by atoms with Crippen LogP contribution in [0.5, 0.6) is 0 Å². The van der Waals surface area contributed by atoms with Crippen molar-refractivity contribution < 1.29 is 9.90 Å². The average molecular weight is 154 g/mol. The SMILES string of the molecule is CC1(C=CC(=O)O)CCCC1. The second kappa shape index (κ2) is 3.07. The largest absolute Gasteiger partial charge is 0.478 e. The minimum Gasteiger partial charge on any atom is -0.478 e. The van der Waals surface area contributed by atoms with Gasteiger partial charge in [-0.1, -0.05) is 25.8 Å².